The second-order valence-corrected chi connectivity index (χ2v) is 18.6. The Hall–Kier alpha value is -7.10. The molecule has 0 aromatic heterocycles. The summed E-state index contributed by atoms with van der Waals surface area (Å²) in [5, 5.41) is 8.18. The molecule has 2 unspecified atom stereocenters. The van der Waals surface area contributed by atoms with Gasteiger partial charge in [0.2, 0.25) is 0 Å². The van der Waals surface area contributed by atoms with Crippen LogP contribution < -0.4 is 27.1 Å². The number of rotatable bonds is 13. The fraction of sp³-hybridized carbons (Fsp3) is 0.103. The summed E-state index contributed by atoms with van der Waals surface area (Å²) in [6.07, 6.45) is 0. The number of hydrogen-bond donors (Lipinski definition) is 0. The number of hydrogen-bond acceptors (Lipinski definition) is 6. The van der Waals surface area contributed by atoms with E-state index in [-0.39, 0.29) is 0 Å². The highest BCUT2D eigenvalue weighted by Crippen LogP contribution is 2.56. The van der Waals surface area contributed by atoms with Crippen LogP contribution in [0.1, 0.15) is 33.4 Å². The van der Waals surface area contributed by atoms with Gasteiger partial charge in [0, 0.05) is 21.9 Å². The van der Waals surface area contributed by atoms with E-state index in [0.29, 0.717) is 34.5 Å². The molecular formula is C58H48O6P2. The van der Waals surface area contributed by atoms with Gasteiger partial charge in [0.1, 0.15) is 34.5 Å². The minimum atomic E-state index is -2.12. The average molecular weight is 903 g/mol. The van der Waals surface area contributed by atoms with Crippen LogP contribution >= 0.6 is 17.2 Å². The third kappa shape index (κ3) is 8.47. The van der Waals surface area contributed by atoms with Crippen LogP contribution in [0.5, 0.6) is 34.5 Å². The van der Waals surface area contributed by atoms with Gasteiger partial charge in [0.25, 0.3) is 0 Å². The lowest BCUT2D eigenvalue weighted by Gasteiger charge is -2.26. The van der Waals surface area contributed by atoms with Gasteiger partial charge in [-0.2, -0.15) is 0 Å². The van der Waals surface area contributed by atoms with Gasteiger partial charge in [-0.3, -0.25) is 0 Å². The largest absolute Gasteiger partial charge is 0.530 e. The van der Waals surface area contributed by atoms with E-state index in [1.807, 2.05) is 98.8 Å². The van der Waals surface area contributed by atoms with E-state index in [4.69, 9.17) is 27.1 Å². The zero-order chi connectivity index (χ0) is 45.3. The van der Waals surface area contributed by atoms with Crippen molar-refractivity contribution in [2.75, 3.05) is 0 Å². The number of benzene rings is 10. The van der Waals surface area contributed by atoms with Crippen LogP contribution in [0.3, 0.4) is 0 Å². The first-order valence-corrected chi connectivity index (χ1v) is 24.2. The maximum atomic E-state index is 7.30. The third-order valence-electron chi connectivity index (χ3n) is 12.0. The maximum Gasteiger partial charge on any atom is 0.530 e. The Morgan fingerprint density at radius 2 is 0.591 bits per heavy atom. The molecule has 0 amide bonds. The van der Waals surface area contributed by atoms with Crippen molar-refractivity contribution in [3.63, 3.8) is 0 Å². The first kappa shape index (κ1) is 42.8. The predicted molar refractivity (Wildman–Crippen MR) is 274 cm³/mol. The minimum absolute atomic E-state index is 0.611. The molecule has 0 heterocycles. The zero-order valence-electron chi connectivity index (χ0n) is 37.7. The fourth-order valence-electron chi connectivity index (χ4n) is 8.57. The number of para-hydroxylation sites is 2. The lowest BCUT2D eigenvalue weighted by atomic mass is 9.89. The second-order valence-electron chi connectivity index (χ2n) is 16.6. The van der Waals surface area contributed by atoms with Gasteiger partial charge in [0.05, 0.1) is 0 Å². The summed E-state index contributed by atoms with van der Waals surface area (Å²) in [5.41, 5.74) is 7.71. The molecule has 0 bridgehead atoms. The molecule has 0 spiro atoms. The predicted octanol–water partition coefficient (Wildman–Crippen LogP) is 17.3. The van der Waals surface area contributed by atoms with Crippen LogP contribution in [0.4, 0.5) is 0 Å². The van der Waals surface area contributed by atoms with E-state index in [9.17, 15) is 0 Å². The molecule has 10 aromatic carbocycles. The van der Waals surface area contributed by atoms with Crippen LogP contribution in [0.2, 0.25) is 0 Å². The van der Waals surface area contributed by atoms with Crippen molar-refractivity contribution in [3.8, 4) is 45.6 Å². The van der Waals surface area contributed by atoms with Crippen molar-refractivity contribution in [1.82, 2.24) is 0 Å². The Morgan fingerprint density at radius 3 is 1.00 bits per heavy atom. The number of aryl methyl sites for hydroxylation is 6. The first-order chi connectivity index (χ1) is 32.2. The van der Waals surface area contributed by atoms with E-state index in [1.165, 1.54) is 0 Å². The first-order valence-electron chi connectivity index (χ1n) is 22.0. The molecule has 326 valence electrons. The van der Waals surface area contributed by atoms with Gasteiger partial charge in [-0.15, -0.1) is 0 Å². The van der Waals surface area contributed by atoms with Crippen LogP contribution in [0, 0.1) is 41.5 Å². The average Bonchev–Trinajstić information content (AvgIpc) is 3.33. The van der Waals surface area contributed by atoms with Gasteiger partial charge >= 0.3 is 17.2 Å². The van der Waals surface area contributed by atoms with Crippen molar-refractivity contribution in [2.24, 2.45) is 0 Å². The lowest BCUT2D eigenvalue weighted by molar-refractivity contribution is 0.385. The molecular weight excluding hydrogens is 855 g/mol. The Bertz CT molecular complexity index is 3210. The standard InChI is InChI=1S/C58H48O6P2/c1-37-31-33-53(49-27-15-13-23-45(37)49)61-65(59-51-29-17-7-19-39(51)3)63-57-41(5)35-43-21-9-11-25-47(43)55(57)56-48-26-12-10-22-44(48)36-42(6)58(56)64-66(60-52-30-18-8-20-40(52)4)62-54-34-32-38(2)46-24-14-16-28-50(46)54/h7-36H,1-6H3. The molecule has 0 radical (unpaired) electrons. The molecule has 0 saturated heterocycles. The van der Waals surface area contributed by atoms with Crippen LogP contribution in [0.15, 0.2) is 182 Å². The summed E-state index contributed by atoms with van der Waals surface area (Å²) in [6, 6.07) is 61.7. The van der Waals surface area contributed by atoms with E-state index in [0.717, 1.165) is 87.6 Å². The molecule has 0 aliphatic rings. The normalized spacial score (nSPS) is 12.3. The highest BCUT2D eigenvalue weighted by atomic mass is 31.2. The van der Waals surface area contributed by atoms with Gasteiger partial charge in [-0.05, 0) is 144 Å². The van der Waals surface area contributed by atoms with Crippen LogP contribution in [-0.4, -0.2) is 0 Å². The summed E-state index contributed by atoms with van der Waals surface area (Å²) in [7, 11) is -4.24. The lowest BCUT2D eigenvalue weighted by Crippen LogP contribution is -2.07. The monoisotopic (exact) mass is 902 g/mol. The minimum Gasteiger partial charge on any atom is -0.408 e. The molecule has 0 fully saturated rings. The summed E-state index contributed by atoms with van der Waals surface area (Å²) >= 11 is 0. The Balaban J connectivity index is 1.17. The van der Waals surface area contributed by atoms with Gasteiger partial charge < -0.3 is 27.1 Å². The molecule has 10 rings (SSSR count). The Labute approximate surface area is 388 Å². The van der Waals surface area contributed by atoms with Crippen molar-refractivity contribution in [3.05, 3.63) is 215 Å². The molecule has 2 atom stereocenters. The van der Waals surface area contributed by atoms with E-state index in [1.54, 1.807) is 0 Å². The Kier molecular flexibility index (Phi) is 11.9. The van der Waals surface area contributed by atoms with Crippen molar-refractivity contribution >= 4 is 60.3 Å². The second kappa shape index (κ2) is 18.4. The SMILES string of the molecule is Cc1ccccc1OP(Oc1c(C)cc2ccccc2c1-c1c(OP(Oc2ccccc2C)Oc2ccc(C)c3ccccc23)c(C)cc2ccccc12)Oc1ccc(C)c2ccccc12. The molecule has 0 saturated carbocycles. The highest BCUT2D eigenvalue weighted by Gasteiger charge is 2.31. The maximum absolute atomic E-state index is 7.30. The quantitative estimate of drug-likeness (QED) is 0.107. The van der Waals surface area contributed by atoms with Crippen molar-refractivity contribution in [1.29, 1.82) is 0 Å². The van der Waals surface area contributed by atoms with E-state index in [2.05, 4.69) is 125 Å². The van der Waals surface area contributed by atoms with Gasteiger partial charge in [-0.25, -0.2) is 0 Å². The molecule has 8 heteroatoms. The molecule has 66 heavy (non-hydrogen) atoms. The number of fused-ring (bicyclic) bond motifs is 4. The van der Waals surface area contributed by atoms with Crippen molar-refractivity contribution < 1.29 is 27.1 Å². The summed E-state index contributed by atoms with van der Waals surface area (Å²) in [6.45, 7) is 12.4. The molecule has 0 aliphatic carbocycles. The highest BCUT2D eigenvalue weighted by molar-refractivity contribution is 7.43. The van der Waals surface area contributed by atoms with Crippen LogP contribution in [-0.2, 0) is 0 Å². The summed E-state index contributed by atoms with van der Waals surface area (Å²) in [4.78, 5) is 0. The van der Waals surface area contributed by atoms with Gasteiger partial charge in [-0.1, -0.05) is 146 Å². The zero-order valence-corrected chi connectivity index (χ0v) is 39.5. The molecule has 6 nitrogen and oxygen atoms in total. The summed E-state index contributed by atoms with van der Waals surface area (Å²) in [5.74, 6) is 3.90. The van der Waals surface area contributed by atoms with Crippen LogP contribution in [0.25, 0.3) is 54.2 Å². The third-order valence-corrected chi connectivity index (χ3v) is 14.1. The van der Waals surface area contributed by atoms with Crippen molar-refractivity contribution in [2.45, 2.75) is 41.5 Å². The molecule has 0 N–H and O–H groups in total. The fourth-order valence-corrected chi connectivity index (χ4v) is 10.9. The topological polar surface area (TPSA) is 55.4 Å². The van der Waals surface area contributed by atoms with E-state index < -0.39 is 17.2 Å². The van der Waals surface area contributed by atoms with E-state index >= 15 is 0 Å². The Morgan fingerprint density at radius 1 is 0.258 bits per heavy atom. The molecule has 10 aromatic rings. The summed E-state index contributed by atoms with van der Waals surface area (Å²) < 4.78 is 42.2. The van der Waals surface area contributed by atoms with Gasteiger partial charge in [0.15, 0.2) is 0 Å². The smallest absolute Gasteiger partial charge is 0.408 e. The molecule has 0 aliphatic heterocycles.